The summed E-state index contributed by atoms with van der Waals surface area (Å²) in [4.78, 5) is 26.2. The van der Waals surface area contributed by atoms with Crippen LogP contribution in [-0.2, 0) is 4.79 Å². The Labute approximate surface area is 200 Å². The molecule has 0 radical (unpaired) electrons. The van der Waals surface area contributed by atoms with Crippen molar-refractivity contribution in [3.05, 3.63) is 75.4 Å². The summed E-state index contributed by atoms with van der Waals surface area (Å²) in [5.41, 5.74) is 2.99. The van der Waals surface area contributed by atoms with Crippen LogP contribution in [0.25, 0.3) is 22.0 Å². The van der Waals surface area contributed by atoms with E-state index in [1.165, 1.54) is 29.1 Å². The molecule has 2 aromatic heterocycles. The fourth-order valence-corrected chi connectivity index (χ4v) is 4.88. The van der Waals surface area contributed by atoms with Gasteiger partial charge in [-0.15, -0.1) is 11.3 Å². The number of aromatic nitrogens is 1. The Morgan fingerprint density at radius 1 is 1.15 bits per heavy atom. The van der Waals surface area contributed by atoms with Crippen LogP contribution in [0.1, 0.15) is 24.1 Å². The zero-order chi connectivity index (χ0) is 24.4. The molecule has 0 saturated heterocycles. The van der Waals surface area contributed by atoms with Gasteiger partial charge in [-0.1, -0.05) is 24.3 Å². The van der Waals surface area contributed by atoms with Gasteiger partial charge in [-0.2, -0.15) is 5.26 Å². The molecule has 4 rings (SSSR count). The monoisotopic (exact) mass is 473 g/mol. The molecule has 0 fully saturated rings. The lowest BCUT2D eigenvalue weighted by Gasteiger charge is -2.20. The van der Waals surface area contributed by atoms with Crippen molar-refractivity contribution in [1.82, 2.24) is 4.57 Å². The highest BCUT2D eigenvalue weighted by atomic mass is 32.1. The number of amides is 1. The molecule has 0 aliphatic heterocycles. The van der Waals surface area contributed by atoms with Gasteiger partial charge in [-0.3, -0.25) is 14.2 Å². The number of anilines is 1. The lowest BCUT2D eigenvalue weighted by atomic mass is 10.0. The van der Waals surface area contributed by atoms with Gasteiger partial charge in [-0.05, 0) is 43.2 Å². The van der Waals surface area contributed by atoms with E-state index >= 15 is 0 Å². The van der Waals surface area contributed by atoms with Gasteiger partial charge in [0, 0.05) is 22.4 Å². The summed E-state index contributed by atoms with van der Waals surface area (Å²) in [7, 11) is 3.12. The SMILES string of the molecule is COc1ccc(-c2csc(NC(=O)C(C)n3c(=O)cc(C)c4cccc(OC)c43)c2C#N)cc1. The first-order chi connectivity index (χ1) is 16.4. The third kappa shape index (κ3) is 4.02. The van der Waals surface area contributed by atoms with Crippen LogP contribution in [0.4, 0.5) is 5.00 Å². The number of benzene rings is 2. The minimum atomic E-state index is -0.843. The van der Waals surface area contributed by atoms with Crippen LogP contribution in [0.3, 0.4) is 0 Å². The standard InChI is InChI=1S/C26H23N3O4S/c1-15-12-23(30)29(24-19(15)6-5-7-22(24)33-4)16(2)25(31)28-26-20(13-27)21(14-34-26)17-8-10-18(32-3)11-9-17/h5-12,14,16H,1-4H3,(H,28,31). The number of nitrogens with zero attached hydrogens (tertiary/aromatic N) is 2. The maximum absolute atomic E-state index is 13.3. The second kappa shape index (κ2) is 9.41. The van der Waals surface area contributed by atoms with Crippen LogP contribution in [0.2, 0.25) is 0 Å². The van der Waals surface area contributed by atoms with Crippen LogP contribution in [-0.4, -0.2) is 24.7 Å². The Morgan fingerprint density at radius 2 is 1.88 bits per heavy atom. The normalized spacial score (nSPS) is 11.6. The lowest BCUT2D eigenvalue weighted by molar-refractivity contribution is -0.118. The molecule has 0 aliphatic carbocycles. The van der Waals surface area contributed by atoms with Crippen LogP contribution in [0.15, 0.2) is 58.7 Å². The maximum Gasteiger partial charge on any atom is 0.252 e. The molecule has 0 bridgehead atoms. The average molecular weight is 474 g/mol. The number of nitrogens with one attached hydrogen (secondary N) is 1. The summed E-state index contributed by atoms with van der Waals surface area (Å²) in [6, 6.07) is 15.7. The van der Waals surface area contributed by atoms with E-state index in [4.69, 9.17) is 9.47 Å². The molecule has 1 atom stereocenters. The van der Waals surface area contributed by atoms with Crippen molar-refractivity contribution in [2.24, 2.45) is 0 Å². The number of para-hydroxylation sites is 1. The summed E-state index contributed by atoms with van der Waals surface area (Å²) in [5.74, 6) is 0.817. The molecule has 1 unspecified atom stereocenters. The van der Waals surface area contributed by atoms with Crippen molar-refractivity contribution in [3.63, 3.8) is 0 Å². The van der Waals surface area contributed by atoms with Gasteiger partial charge < -0.3 is 14.8 Å². The van der Waals surface area contributed by atoms with Crippen molar-refractivity contribution in [1.29, 1.82) is 5.26 Å². The number of ether oxygens (including phenoxy) is 2. The fourth-order valence-electron chi connectivity index (χ4n) is 3.96. The minimum absolute atomic E-state index is 0.303. The molecule has 4 aromatic rings. The second-order valence-electron chi connectivity index (χ2n) is 7.75. The molecule has 1 amide bonds. The third-order valence-electron chi connectivity index (χ3n) is 5.77. The molecular weight excluding hydrogens is 450 g/mol. The summed E-state index contributed by atoms with van der Waals surface area (Å²) >= 11 is 1.27. The molecule has 0 spiro atoms. The number of pyridine rings is 1. The van der Waals surface area contributed by atoms with E-state index in [0.717, 1.165) is 22.1 Å². The van der Waals surface area contributed by atoms with Crippen molar-refractivity contribution < 1.29 is 14.3 Å². The summed E-state index contributed by atoms with van der Waals surface area (Å²) in [5, 5.41) is 15.8. The molecule has 34 heavy (non-hydrogen) atoms. The third-order valence-corrected chi connectivity index (χ3v) is 6.66. The first-order valence-corrected chi connectivity index (χ1v) is 11.4. The second-order valence-corrected chi connectivity index (χ2v) is 8.63. The maximum atomic E-state index is 13.3. The minimum Gasteiger partial charge on any atom is -0.497 e. The molecule has 0 saturated carbocycles. The van der Waals surface area contributed by atoms with Gasteiger partial charge in [0.15, 0.2) is 0 Å². The van der Waals surface area contributed by atoms with E-state index in [1.807, 2.05) is 48.7 Å². The van der Waals surface area contributed by atoms with Crippen molar-refractivity contribution in [2.75, 3.05) is 19.5 Å². The predicted molar refractivity (Wildman–Crippen MR) is 134 cm³/mol. The molecule has 1 N–H and O–H groups in total. The summed E-state index contributed by atoms with van der Waals surface area (Å²) < 4.78 is 12.1. The van der Waals surface area contributed by atoms with Crippen molar-refractivity contribution in [2.45, 2.75) is 19.9 Å². The first kappa shape index (κ1) is 23.1. The van der Waals surface area contributed by atoms with Crippen LogP contribution >= 0.6 is 11.3 Å². The molecule has 7 nitrogen and oxygen atoms in total. The number of carbonyl (C=O) groups is 1. The summed E-state index contributed by atoms with van der Waals surface area (Å²) in [6.45, 7) is 3.51. The smallest absolute Gasteiger partial charge is 0.252 e. The first-order valence-electron chi connectivity index (χ1n) is 10.5. The zero-order valence-electron chi connectivity index (χ0n) is 19.2. The number of nitriles is 1. The topological polar surface area (TPSA) is 93.3 Å². The van der Waals surface area contributed by atoms with Crippen LogP contribution in [0.5, 0.6) is 11.5 Å². The Hall–Kier alpha value is -4.09. The molecular formula is C26H23N3O4S. The van der Waals surface area contributed by atoms with Crippen molar-refractivity contribution in [3.8, 4) is 28.7 Å². The Kier molecular flexibility index (Phi) is 6.39. The van der Waals surface area contributed by atoms with E-state index in [0.29, 0.717) is 27.6 Å². The predicted octanol–water partition coefficient (Wildman–Crippen LogP) is 5.13. The number of aryl methyl sites for hydroxylation is 1. The zero-order valence-corrected chi connectivity index (χ0v) is 20.0. The number of thiophene rings is 1. The largest absolute Gasteiger partial charge is 0.497 e. The highest BCUT2D eigenvalue weighted by Gasteiger charge is 2.23. The quantitative estimate of drug-likeness (QED) is 0.419. The Bertz CT molecular complexity index is 1480. The molecule has 8 heteroatoms. The summed E-state index contributed by atoms with van der Waals surface area (Å²) in [6.07, 6.45) is 0. The Balaban J connectivity index is 1.71. The molecule has 0 aliphatic rings. The van der Waals surface area contributed by atoms with Gasteiger partial charge in [0.1, 0.15) is 28.6 Å². The Morgan fingerprint density at radius 3 is 2.53 bits per heavy atom. The van der Waals surface area contributed by atoms with Gasteiger partial charge in [0.25, 0.3) is 5.56 Å². The number of hydrogen-bond donors (Lipinski definition) is 1. The van der Waals surface area contributed by atoms with Gasteiger partial charge in [0.2, 0.25) is 5.91 Å². The van der Waals surface area contributed by atoms with Crippen LogP contribution in [0, 0.1) is 18.3 Å². The molecule has 2 heterocycles. The van der Waals surface area contributed by atoms with Gasteiger partial charge in [0.05, 0.1) is 25.3 Å². The molecule has 172 valence electrons. The van der Waals surface area contributed by atoms with E-state index < -0.39 is 11.9 Å². The van der Waals surface area contributed by atoms with Crippen molar-refractivity contribution >= 4 is 33.1 Å². The number of hydrogen-bond acceptors (Lipinski definition) is 6. The van der Waals surface area contributed by atoms with E-state index in [-0.39, 0.29) is 5.56 Å². The van der Waals surface area contributed by atoms with Gasteiger partial charge in [-0.25, -0.2) is 0 Å². The number of methoxy groups -OCH3 is 2. The number of carbonyl (C=O) groups excluding carboxylic acids is 1. The van der Waals surface area contributed by atoms with E-state index in [1.54, 1.807) is 20.1 Å². The van der Waals surface area contributed by atoms with Gasteiger partial charge >= 0.3 is 0 Å². The number of fused-ring (bicyclic) bond motifs is 1. The van der Waals surface area contributed by atoms with Crippen LogP contribution < -0.4 is 20.3 Å². The highest BCUT2D eigenvalue weighted by Crippen LogP contribution is 2.36. The highest BCUT2D eigenvalue weighted by molar-refractivity contribution is 7.15. The van der Waals surface area contributed by atoms with E-state index in [9.17, 15) is 14.9 Å². The lowest BCUT2D eigenvalue weighted by Crippen LogP contribution is -2.32. The number of rotatable bonds is 6. The van der Waals surface area contributed by atoms with E-state index in [2.05, 4.69) is 11.4 Å². The fraction of sp³-hybridized carbons (Fsp3) is 0.192. The average Bonchev–Trinajstić information content (AvgIpc) is 3.25. The molecule has 2 aromatic carbocycles.